The molecule has 94 valence electrons. The van der Waals surface area contributed by atoms with Crippen LogP contribution in [0.1, 0.15) is 13.8 Å². The van der Waals surface area contributed by atoms with Crippen LogP contribution >= 0.6 is 0 Å². The molecule has 0 fully saturated rings. The van der Waals surface area contributed by atoms with E-state index in [2.05, 4.69) is 0 Å². The van der Waals surface area contributed by atoms with E-state index >= 15 is 0 Å². The molecule has 0 rings (SSSR count). The Morgan fingerprint density at radius 2 is 1.38 bits per heavy atom. The molecule has 0 bridgehead atoms. The number of carboxylic acids is 2. The molecule has 7 heteroatoms. The van der Waals surface area contributed by atoms with Gasteiger partial charge < -0.3 is 27.4 Å². The molecule has 0 aromatic heterocycles. The van der Waals surface area contributed by atoms with Crippen LogP contribution in [0.2, 0.25) is 0 Å². The van der Waals surface area contributed by atoms with Gasteiger partial charge in [-0.15, -0.1) is 0 Å². The van der Waals surface area contributed by atoms with Gasteiger partial charge in [0.15, 0.2) is 0 Å². The van der Waals surface area contributed by atoms with E-state index < -0.39 is 41.9 Å². The van der Waals surface area contributed by atoms with E-state index in [0.29, 0.717) is 0 Å². The van der Waals surface area contributed by atoms with Gasteiger partial charge in [0.05, 0.1) is 11.8 Å². The Morgan fingerprint density at radius 3 is 1.62 bits per heavy atom. The molecule has 5 unspecified atom stereocenters. The average Bonchev–Trinajstić information content (AvgIpc) is 2.13. The molecule has 0 aromatic rings. The van der Waals surface area contributed by atoms with Crippen LogP contribution in [0.4, 0.5) is 0 Å². The zero-order valence-electron chi connectivity index (χ0n) is 9.33. The highest BCUT2D eigenvalue weighted by Gasteiger charge is 2.36. The van der Waals surface area contributed by atoms with Crippen LogP contribution in [0.5, 0.6) is 0 Å². The van der Waals surface area contributed by atoms with Crippen molar-refractivity contribution in [2.45, 2.75) is 32.0 Å². The number of carboxylic acid groups (broad SMARTS) is 2. The van der Waals surface area contributed by atoms with E-state index in [1.807, 2.05) is 0 Å². The van der Waals surface area contributed by atoms with Crippen LogP contribution in [0.15, 0.2) is 0 Å². The summed E-state index contributed by atoms with van der Waals surface area (Å²) in [6, 6.07) is -2.65. The lowest BCUT2D eigenvalue weighted by Crippen LogP contribution is -2.57. The van der Waals surface area contributed by atoms with Gasteiger partial charge in [-0.25, -0.2) is 0 Å². The minimum atomic E-state index is -1.17. The third-order valence-corrected chi connectivity index (χ3v) is 2.68. The van der Waals surface area contributed by atoms with Crippen molar-refractivity contribution in [3.05, 3.63) is 0 Å². The van der Waals surface area contributed by atoms with Gasteiger partial charge >= 0.3 is 11.9 Å². The monoisotopic (exact) mass is 233 g/mol. The zero-order valence-corrected chi connectivity index (χ0v) is 9.33. The fourth-order valence-electron chi connectivity index (χ4n) is 1.48. The van der Waals surface area contributed by atoms with Crippen LogP contribution in [0.25, 0.3) is 0 Å². The van der Waals surface area contributed by atoms with Crippen LogP contribution in [-0.4, -0.2) is 40.3 Å². The fourth-order valence-corrected chi connectivity index (χ4v) is 1.48. The Balaban J connectivity index is 4.80. The maximum Gasteiger partial charge on any atom is 0.309 e. The Labute approximate surface area is 93.6 Å². The lowest BCUT2D eigenvalue weighted by molar-refractivity contribution is -0.146. The van der Waals surface area contributed by atoms with Crippen LogP contribution in [-0.2, 0) is 9.59 Å². The van der Waals surface area contributed by atoms with Gasteiger partial charge in [-0.2, -0.15) is 0 Å². The first-order chi connectivity index (χ1) is 7.20. The van der Waals surface area contributed by atoms with E-state index in [1.54, 1.807) is 0 Å². The number of rotatable bonds is 6. The second-order valence-corrected chi connectivity index (χ2v) is 4.00. The summed E-state index contributed by atoms with van der Waals surface area (Å²) in [4.78, 5) is 21.6. The highest BCUT2D eigenvalue weighted by Crippen LogP contribution is 2.14. The molecule has 0 heterocycles. The van der Waals surface area contributed by atoms with Crippen molar-refractivity contribution in [1.82, 2.24) is 0 Å². The summed E-state index contributed by atoms with van der Waals surface area (Å²) in [6.45, 7) is 2.88. The van der Waals surface area contributed by atoms with Crippen molar-refractivity contribution in [2.75, 3.05) is 0 Å². The summed E-state index contributed by atoms with van der Waals surface area (Å²) >= 11 is 0. The predicted molar refractivity (Wildman–Crippen MR) is 57.5 cm³/mol. The fraction of sp³-hybridized carbons (Fsp3) is 0.778. The van der Waals surface area contributed by atoms with E-state index in [0.717, 1.165) is 0 Å². The van der Waals surface area contributed by atoms with E-state index in [4.69, 9.17) is 27.4 Å². The quantitative estimate of drug-likeness (QED) is 0.370. The standard InChI is InChI=1S/C9H19N3O4/c1-3(8(13)14)6(11)7(12)5(4(2)10)9(15)16/h3-7H,10-12H2,1-2H3,(H,13,14)(H,15,16). The van der Waals surface area contributed by atoms with Gasteiger partial charge in [-0.1, -0.05) is 6.92 Å². The van der Waals surface area contributed by atoms with E-state index in [9.17, 15) is 9.59 Å². The molecule has 0 saturated heterocycles. The molecule has 0 radical (unpaired) electrons. The Kier molecular flexibility index (Phi) is 5.36. The molecule has 5 atom stereocenters. The summed E-state index contributed by atoms with van der Waals surface area (Å²) in [5.74, 6) is -4.26. The average molecular weight is 233 g/mol. The van der Waals surface area contributed by atoms with Gasteiger partial charge in [0.25, 0.3) is 0 Å². The molecule has 0 aliphatic rings. The maximum atomic E-state index is 10.9. The van der Waals surface area contributed by atoms with Crippen LogP contribution in [0.3, 0.4) is 0 Å². The molecule has 0 aliphatic carbocycles. The number of carbonyl (C=O) groups is 2. The van der Waals surface area contributed by atoms with Crippen molar-refractivity contribution in [3.63, 3.8) is 0 Å². The molecule has 0 amide bonds. The van der Waals surface area contributed by atoms with Crippen LogP contribution < -0.4 is 17.2 Å². The second kappa shape index (κ2) is 5.78. The third-order valence-electron chi connectivity index (χ3n) is 2.68. The van der Waals surface area contributed by atoms with E-state index in [-0.39, 0.29) is 0 Å². The normalized spacial score (nSPS) is 20.6. The highest BCUT2D eigenvalue weighted by atomic mass is 16.4. The largest absolute Gasteiger partial charge is 0.481 e. The number of hydrogen-bond acceptors (Lipinski definition) is 5. The molecule has 0 saturated carbocycles. The second-order valence-electron chi connectivity index (χ2n) is 4.00. The SMILES string of the molecule is CC(N)C(C(=O)O)C(N)C(N)C(C)C(=O)O. The molecular weight excluding hydrogens is 214 g/mol. The van der Waals surface area contributed by atoms with Crippen molar-refractivity contribution < 1.29 is 19.8 Å². The Bertz CT molecular complexity index is 269. The maximum absolute atomic E-state index is 10.9. The first-order valence-electron chi connectivity index (χ1n) is 4.92. The first-order valence-corrected chi connectivity index (χ1v) is 4.92. The topological polar surface area (TPSA) is 153 Å². The molecule has 7 nitrogen and oxygen atoms in total. The van der Waals surface area contributed by atoms with Gasteiger partial charge in [0.1, 0.15) is 0 Å². The minimum Gasteiger partial charge on any atom is -0.481 e. The molecule has 0 aromatic carbocycles. The number of aliphatic carboxylic acids is 2. The zero-order chi connectivity index (χ0) is 13.0. The van der Waals surface area contributed by atoms with Crippen LogP contribution in [0, 0.1) is 11.8 Å². The van der Waals surface area contributed by atoms with Crippen molar-refractivity contribution in [1.29, 1.82) is 0 Å². The number of hydrogen-bond donors (Lipinski definition) is 5. The predicted octanol–water partition coefficient (Wildman–Crippen LogP) is -1.59. The Hall–Kier alpha value is -1.18. The summed E-state index contributed by atoms with van der Waals surface area (Å²) in [5, 5.41) is 17.7. The van der Waals surface area contributed by atoms with Crippen molar-refractivity contribution in [3.8, 4) is 0 Å². The molecule has 0 spiro atoms. The molecule has 16 heavy (non-hydrogen) atoms. The lowest BCUT2D eigenvalue weighted by Gasteiger charge is -2.30. The first kappa shape index (κ1) is 14.8. The molecule has 0 aliphatic heterocycles. The van der Waals surface area contributed by atoms with Gasteiger partial charge in [0, 0.05) is 18.1 Å². The third kappa shape index (κ3) is 3.44. The minimum absolute atomic E-state index is 0.695. The lowest BCUT2D eigenvalue weighted by atomic mass is 9.84. The van der Waals surface area contributed by atoms with Crippen molar-refractivity contribution >= 4 is 11.9 Å². The summed E-state index contributed by atoms with van der Waals surface area (Å²) in [6.07, 6.45) is 0. The Morgan fingerprint density at radius 1 is 0.938 bits per heavy atom. The highest BCUT2D eigenvalue weighted by molar-refractivity contribution is 5.73. The summed E-state index contributed by atoms with van der Waals surface area (Å²) in [5.41, 5.74) is 16.8. The van der Waals surface area contributed by atoms with Gasteiger partial charge in [-0.3, -0.25) is 9.59 Å². The van der Waals surface area contributed by atoms with Gasteiger partial charge in [-0.05, 0) is 6.92 Å². The number of nitrogens with two attached hydrogens (primary N) is 3. The molecule has 8 N–H and O–H groups in total. The summed E-state index contributed by atoms with van der Waals surface area (Å²) < 4.78 is 0. The van der Waals surface area contributed by atoms with E-state index in [1.165, 1.54) is 13.8 Å². The smallest absolute Gasteiger partial charge is 0.309 e. The summed E-state index contributed by atoms with van der Waals surface area (Å²) in [7, 11) is 0. The van der Waals surface area contributed by atoms with Gasteiger partial charge in [0.2, 0.25) is 0 Å². The van der Waals surface area contributed by atoms with Crippen molar-refractivity contribution in [2.24, 2.45) is 29.0 Å². The molecular formula is C9H19N3O4.